The largest absolute Gasteiger partial charge is 0.481 e. The van der Waals surface area contributed by atoms with Crippen molar-refractivity contribution in [2.75, 3.05) is 6.54 Å². The highest BCUT2D eigenvalue weighted by Gasteiger charge is 2.29. The minimum atomic E-state index is -0.802. The number of rotatable bonds is 6. The van der Waals surface area contributed by atoms with Crippen LogP contribution < -0.4 is 0 Å². The van der Waals surface area contributed by atoms with Gasteiger partial charge < -0.3 is 5.11 Å². The third kappa shape index (κ3) is 4.54. The number of carboxylic acid groups (broad SMARTS) is 1. The number of unbranched alkanes of at least 4 members (excludes halogenated alkanes) is 2. The van der Waals surface area contributed by atoms with Crippen molar-refractivity contribution < 1.29 is 19.5 Å². The van der Waals surface area contributed by atoms with Gasteiger partial charge in [-0.2, -0.15) is 0 Å². The molecule has 2 amide bonds. The van der Waals surface area contributed by atoms with Crippen LogP contribution in [-0.4, -0.2) is 34.3 Å². The molecule has 1 fully saturated rings. The second-order valence-electron chi connectivity index (χ2n) is 4.66. The van der Waals surface area contributed by atoms with E-state index in [0.717, 1.165) is 6.42 Å². The quantitative estimate of drug-likeness (QED) is 0.563. The van der Waals surface area contributed by atoms with E-state index in [9.17, 15) is 14.4 Å². The summed E-state index contributed by atoms with van der Waals surface area (Å²) in [5.74, 6) is -0.832. The molecule has 17 heavy (non-hydrogen) atoms. The highest BCUT2D eigenvalue weighted by atomic mass is 16.4. The maximum Gasteiger partial charge on any atom is 0.303 e. The van der Waals surface area contributed by atoms with Crippen molar-refractivity contribution >= 4 is 17.8 Å². The molecule has 0 aromatic carbocycles. The van der Waals surface area contributed by atoms with Crippen LogP contribution >= 0.6 is 0 Å². The molecule has 0 atom stereocenters. The molecule has 0 bridgehead atoms. The van der Waals surface area contributed by atoms with E-state index in [0.29, 0.717) is 32.2 Å². The van der Waals surface area contributed by atoms with Crippen molar-refractivity contribution in [1.82, 2.24) is 4.90 Å². The van der Waals surface area contributed by atoms with E-state index in [4.69, 9.17) is 5.11 Å². The lowest BCUT2D eigenvalue weighted by Crippen LogP contribution is -2.43. The number of hydrogen-bond acceptors (Lipinski definition) is 3. The molecule has 5 nitrogen and oxygen atoms in total. The van der Waals surface area contributed by atoms with Crippen molar-refractivity contribution in [1.29, 1.82) is 0 Å². The number of nitrogens with zero attached hydrogens (tertiary/aromatic N) is 1. The summed E-state index contributed by atoms with van der Waals surface area (Å²) in [4.78, 5) is 34.8. The average molecular weight is 241 g/mol. The normalized spacial score (nSPS) is 17.6. The third-order valence-electron chi connectivity index (χ3n) is 2.92. The maximum absolute atomic E-state index is 11.6. The molecule has 1 heterocycles. The first-order chi connectivity index (χ1) is 8.00. The molecule has 1 saturated heterocycles. The van der Waals surface area contributed by atoms with Crippen LogP contribution in [0.4, 0.5) is 0 Å². The number of amides is 2. The predicted octanol–water partition coefficient (Wildman–Crippen LogP) is 1.42. The fraction of sp³-hybridized carbons (Fsp3) is 0.750. The molecular weight excluding hydrogens is 222 g/mol. The number of carbonyl (C=O) groups is 3. The fourth-order valence-corrected chi connectivity index (χ4v) is 2.00. The molecule has 0 aromatic heterocycles. The number of imide groups is 1. The Morgan fingerprint density at radius 2 is 1.82 bits per heavy atom. The molecule has 5 heteroatoms. The Morgan fingerprint density at radius 1 is 1.24 bits per heavy atom. The van der Waals surface area contributed by atoms with Gasteiger partial charge >= 0.3 is 5.97 Å². The van der Waals surface area contributed by atoms with Gasteiger partial charge in [0.1, 0.15) is 0 Å². The zero-order valence-corrected chi connectivity index (χ0v) is 10.1. The number of piperidine rings is 1. The Hall–Kier alpha value is -1.39. The third-order valence-corrected chi connectivity index (χ3v) is 2.92. The Morgan fingerprint density at radius 3 is 2.35 bits per heavy atom. The summed E-state index contributed by atoms with van der Waals surface area (Å²) in [6.45, 7) is 2.34. The van der Waals surface area contributed by atoms with Crippen molar-refractivity contribution in [3.05, 3.63) is 0 Å². The Balaban J connectivity index is 2.24. The molecule has 0 spiro atoms. The summed E-state index contributed by atoms with van der Waals surface area (Å²) in [5.41, 5.74) is 0. The first-order valence-corrected chi connectivity index (χ1v) is 6.05. The lowest BCUT2D eigenvalue weighted by molar-refractivity contribution is -0.150. The zero-order chi connectivity index (χ0) is 12.8. The summed E-state index contributed by atoms with van der Waals surface area (Å²) < 4.78 is 0. The molecule has 1 rings (SSSR count). The Bertz CT molecular complexity index is 296. The van der Waals surface area contributed by atoms with Gasteiger partial charge in [-0.3, -0.25) is 19.3 Å². The van der Waals surface area contributed by atoms with Crippen molar-refractivity contribution in [3.8, 4) is 0 Å². The minimum absolute atomic E-state index is 0.0908. The summed E-state index contributed by atoms with van der Waals surface area (Å²) in [7, 11) is 0. The average Bonchev–Trinajstić information content (AvgIpc) is 2.20. The smallest absolute Gasteiger partial charge is 0.303 e. The first-order valence-electron chi connectivity index (χ1n) is 6.05. The van der Waals surface area contributed by atoms with Crippen LogP contribution in [0.15, 0.2) is 0 Å². The van der Waals surface area contributed by atoms with Gasteiger partial charge in [0.05, 0.1) is 0 Å². The van der Waals surface area contributed by atoms with Crippen LogP contribution in [0.3, 0.4) is 0 Å². The Kier molecular flexibility index (Phi) is 5.12. The number of hydrogen-bond donors (Lipinski definition) is 1. The number of carbonyl (C=O) groups excluding carboxylic acids is 2. The van der Waals surface area contributed by atoms with E-state index in [2.05, 4.69) is 0 Å². The van der Waals surface area contributed by atoms with E-state index in [1.165, 1.54) is 4.90 Å². The van der Waals surface area contributed by atoms with Gasteiger partial charge in [0, 0.05) is 25.8 Å². The molecule has 1 aliphatic rings. The van der Waals surface area contributed by atoms with Gasteiger partial charge in [0.15, 0.2) is 0 Å². The summed E-state index contributed by atoms with van der Waals surface area (Å²) in [6.07, 6.45) is 3.07. The topological polar surface area (TPSA) is 74.7 Å². The SMILES string of the molecule is CC1CC(=O)N(CCCCCC(=O)O)C(=O)C1. The van der Waals surface area contributed by atoms with Crippen LogP contribution in [0, 0.1) is 5.92 Å². The number of likely N-dealkylation sites (tertiary alicyclic amines) is 1. The number of aliphatic carboxylic acids is 1. The Labute approximate surface area is 101 Å². The van der Waals surface area contributed by atoms with Gasteiger partial charge in [-0.25, -0.2) is 0 Å². The summed E-state index contributed by atoms with van der Waals surface area (Å²) in [5, 5.41) is 8.46. The lowest BCUT2D eigenvalue weighted by Gasteiger charge is -2.28. The van der Waals surface area contributed by atoms with Gasteiger partial charge in [0.25, 0.3) is 0 Å². The van der Waals surface area contributed by atoms with Crippen molar-refractivity contribution in [2.24, 2.45) is 5.92 Å². The molecule has 0 saturated carbocycles. The van der Waals surface area contributed by atoms with Gasteiger partial charge in [0.2, 0.25) is 11.8 Å². The number of carboxylic acids is 1. The van der Waals surface area contributed by atoms with E-state index >= 15 is 0 Å². The van der Waals surface area contributed by atoms with Crippen molar-refractivity contribution in [2.45, 2.75) is 45.4 Å². The van der Waals surface area contributed by atoms with Crippen LogP contribution in [0.25, 0.3) is 0 Å². The van der Waals surface area contributed by atoms with Gasteiger partial charge in [-0.1, -0.05) is 13.3 Å². The second kappa shape index (κ2) is 6.37. The van der Waals surface area contributed by atoms with Crippen molar-refractivity contribution in [3.63, 3.8) is 0 Å². The van der Waals surface area contributed by atoms with Crippen LogP contribution in [0.2, 0.25) is 0 Å². The molecule has 0 unspecified atom stereocenters. The molecule has 0 aliphatic carbocycles. The van der Waals surface area contributed by atoms with Gasteiger partial charge in [-0.15, -0.1) is 0 Å². The van der Waals surface area contributed by atoms with E-state index in [-0.39, 0.29) is 24.2 Å². The zero-order valence-electron chi connectivity index (χ0n) is 10.1. The van der Waals surface area contributed by atoms with Crippen LogP contribution in [-0.2, 0) is 14.4 Å². The van der Waals surface area contributed by atoms with Gasteiger partial charge in [-0.05, 0) is 18.8 Å². The summed E-state index contributed by atoms with van der Waals surface area (Å²) >= 11 is 0. The molecule has 1 N–H and O–H groups in total. The highest BCUT2D eigenvalue weighted by molar-refractivity contribution is 5.97. The standard InChI is InChI=1S/C12H19NO4/c1-9-7-10(14)13(11(15)8-9)6-4-2-3-5-12(16)17/h9H,2-8H2,1H3,(H,16,17). The maximum atomic E-state index is 11.6. The van der Waals surface area contributed by atoms with E-state index < -0.39 is 5.97 Å². The molecular formula is C12H19NO4. The minimum Gasteiger partial charge on any atom is -0.481 e. The predicted molar refractivity (Wildman–Crippen MR) is 61.2 cm³/mol. The monoisotopic (exact) mass is 241 g/mol. The molecule has 0 aromatic rings. The second-order valence-corrected chi connectivity index (χ2v) is 4.66. The summed E-state index contributed by atoms with van der Waals surface area (Å²) in [6, 6.07) is 0. The van der Waals surface area contributed by atoms with E-state index in [1.54, 1.807) is 0 Å². The molecule has 0 radical (unpaired) electrons. The highest BCUT2D eigenvalue weighted by Crippen LogP contribution is 2.19. The first kappa shape index (κ1) is 13.7. The van der Waals surface area contributed by atoms with Crippen LogP contribution in [0.1, 0.15) is 45.4 Å². The molecule has 1 aliphatic heterocycles. The lowest BCUT2D eigenvalue weighted by atomic mass is 9.97. The fourth-order valence-electron chi connectivity index (χ4n) is 2.00. The van der Waals surface area contributed by atoms with Crippen LogP contribution in [0.5, 0.6) is 0 Å². The van der Waals surface area contributed by atoms with E-state index in [1.807, 2.05) is 6.92 Å². The molecule has 96 valence electrons.